The molecule has 0 bridgehead atoms. The number of Topliss-reactive ketones (excluding diaryl/α,β-unsaturated/α-hetero) is 1. The van der Waals surface area contributed by atoms with E-state index in [1.165, 1.54) is 5.57 Å². The Morgan fingerprint density at radius 3 is 2.84 bits per heavy atom. The van der Waals surface area contributed by atoms with Crippen LogP contribution in [0.3, 0.4) is 0 Å². The molecule has 1 aliphatic heterocycles. The highest BCUT2D eigenvalue weighted by Gasteiger charge is 2.67. The standard InChI is InChI=1S/C20H22O5/c1-19-6-5-10-12(9(19)3-4-11(19)21)15(23)16-13-8(7-24-16)14(22)17-18(25-17)20(10,13)2/h7,9,14-15,17-18,22-23H,3-6H2,1-2H3/t9-,14+,15?,17-,18-,19-,20+/m0/s1. The molecule has 132 valence electrons. The van der Waals surface area contributed by atoms with Crippen LogP contribution in [0, 0.1) is 11.3 Å². The highest BCUT2D eigenvalue weighted by atomic mass is 16.6. The normalized spacial score (nSPS) is 49.4. The first-order chi connectivity index (χ1) is 11.9. The van der Waals surface area contributed by atoms with Crippen LogP contribution in [0.4, 0.5) is 0 Å². The molecule has 25 heavy (non-hydrogen) atoms. The van der Waals surface area contributed by atoms with E-state index in [4.69, 9.17) is 9.15 Å². The number of rotatable bonds is 0. The minimum absolute atomic E-state index is 0.0645. The molecule has 1 aromatic rings. The lowest BCUT2D eigenvalue weighted by atomic mass is 9.54. The fraction of sp³-hybridized carbons (Fsp3) is 0.650. The summed E-state index contributed by atoms with van der Waals surface area (Å²) in [4.78, 5) is 12.5. The maximum absolute atomic E-state index is 12.5. The second-order valence-electron chi connectivity index (χ2n) is 8.87. The van der Waals surface area contributed by atoms with Crippen molar-refractivity contribution in [3.8, 4) is 0 Å². The predicted octanol–water partition coefficient (Wildman–Crippen LogP) is 2.47. The molecule has 5 heteroatoms. The van der Waals surface area contributed by atoms with Crippen molar-refractivity contribution in [3.05, 3.63) is 34.3 Å². The van der Waals surface area contributed by atoms with Crippen LogP contribution in [0.25, 0.3) is 0 Å². The second-order valence-corrected chi connectivity index (χ2v) is 8.87. The SMILES string of the molecule is C[C@]12CCC3=C(C(O)c4occ5c4[C@]3(C)[C@H]3O[C@H]3[C@@H]5O)[C@@H]1CCC2=O. The molecular formula is C20H22O5. The topological polar surface area (TPSA) is 83.2 Å². The Kier molecular flexibility index (Phi) is 2.42. The van der Waals surface area contributed by atoms with Gasteiger partial charge in [0.15, 0.2) is 0 Å². The first-order valence-electron chi connectivity index (χ1n) is 9.29. The smallest absolute Gasteiger partial charge is 0.141 e. The van der Waals surface area contributed by atoms with Gasteiger partial charge in [0.25, 0.3) is 0 Å². The van der Waals surface area contributed by atoms with Crippen molar-refractivity contribution in [2.45, 2.75) is 69.4 Å². The van der Waals surface area contributed by atoms with E-state index >= 15 is 0 Å². The Morgan fingerprint density at radius 2 is 2.04 bits per heavy atom. The number of hydrogen-bond donors (Lipinski definition) is 2. The molecule has 2 N–H and O–H groups in total. The number of furan rings is 1. The van der Waals surface area contributed by atoms with Gasteiger partial charge in [0.05, 0.1) is 6.26 Å². The van der Waals surface area contributed by atoms with Gasteiger partial charge in [-0.15, -0.1) is 0 Å². The molecule has 0 spiro atoms. The molecule has 5 nitrogen and oxygen atoms in total. The fourth-order valence-electron chi connectivity index (χ4n) is 6.51. The highest BCUT2D eigenvalue weighted by molar-refractivity contribution is 5.88. The number of ketones is 1. The fourth-order valence-corrected chi connectivity index (χ4v) is 6.51. The van der Waals surface area contributed by atoms with Crippen LogP contribution in [0.2, 0.25) is 0 Å². The van der Waals surface area contributed by atoms with E-state index in [0.717, 1.165) is 36.0 Å². The van der Waals surface area contributed by atoms with Crippen molar-refractivity contribution < 1.29 is 24.2 Å². The molecule has 2 heterocycles. The van der Waals surface area contributed by atoms with Gasteiger partial charge in [-0.3, -0.25) is 4.79 Å². The van der Waals surface area contributed by atoms with Crippen LogP contribution in [-0.4, -0.2) is 28.2 Å². The molecule has 2 fully saturated rings. The first-order valence-corrected chi connectivity index (χ1v) is 9.29. The summed E-state index contributed by atoms with van der Waals surface area (Å²) < 4.78 is 11.7. The first kappa shape index (κ1) is 14.7. The van der Waals surface area contributed by atoms with E-state index in [1.54, 1.807) is 6.26 Å². The van der Waals surface area contributed by atoms with Crippen molar-refractivity contribution in [2.24, 2.45) is 11.3 Å². The van der Waals surface area contributed by atoms with Crippen molar-refractivity contribution >= 4 is 5.78 Å². The van der Waals surface area contributed by atoms with Crippen molar-refractivity contribution in [2.75, 3.05) is 0 Å². The summed E-state index contributed by atoms with van der Waals surface area (Å²) in [6.07, 6.45) is 2.88. The van der Waals surface area contributed by atoms with Crippen molar-refractivity contribution in [3.63, 3.8) is 0 Å². The highest BCUT2D eigenvalue weighted by Crippen LogP contribution is 2.67. The third-order valence-corrected chi connectivity index (χ3v) is 7.95. The Hall–Kier alpha value is -1.43. The minimum Gasteiger partial charge on any atom is -0.465 e. The van der Waals surface area contributed by atoms with E-state index in [0.29, 0.717) is 18.0 Å². The van der Waals surface area contributed by atoms with Crippen molar-refractivity contribution in [1.82, 2.24) is 0 Å². The van der Waals surface area contributed by atoms with Gasteiger partial charge in [-0.2, -0.15) is 0 Å². The molecule has 1 saturated carbocycles. The summed E-state index contributed by atoms with van der Waals surface area (Å²) in [6.45, 7) is 4.23. The third kappa shape index (κ3) is 1.40. The number of aliphatic hydroxyl groups excluding tert-OH is 2. The van der Waals surface area contributed by atoms with Crippen LogP contribution in [0.15, 0.2) is 21.8 Å². The molecule has 1 unspecified atom stereocenters. The molecule has 6 rings (SSSR count). The average Bonchev–Trinajstić information content (AvgIpc) is 3.19. The third-order valence-electron chi connectivity index (χ3n) is 7.95. The van der Waals surface area contributed by atoms with E-state index in [9.17, 15) is 15.0 Å². The molecular weight excluding hydrogens is 320 g/mol. The number of ether oxygens (including phenoxy) is 1. The number of carbonyl (C=O) groups excluding carboxylic acids is 1. The number of fused-ring (bicyclic) bond motifs is 5. The van der Waals surface area contributed by atoms with Gasteiger partial charge < -0.3 is 19.4 Å². The lowest BCUT2D eigenvalue weighted by Gasteiger charge is -2.49. The summed E-state index contributed by atoms with van der Waals surface area (Å²) in [5.74, 6) is 0.959. The largest absolute Gasteiger partial charge is 0.465 e. The maximum Gasteiger partial charge on any atom is 0.141 e. The minimum atomic E-state index is -0.815. The van der Waals surface area contributed by atoms with Crippen LogP contribution < -0.4 is 0 Å². The number of aliphatic hydroxyl groups is 2. The van der Waals surface area contributed by atoms with Gasteiger partial charge in [0.2, 0.25) is 0 Å². The van der Waals surface area contributed by atoms with Crippen LogP contribution in [0.5, 0.6) is 0 Å². The summed E-state index contributed by atoms with van der Waals surface area (Å²) in [7, 11) is 0. The Balaban J connectivity index is 1.62. The summed E-state index contributed by atoms with van der Waals surface area (Å²) in [5.41, 5.74) is 3.20. The van der Waals surface area contributed by atoms with E-state index in [1.807, 2.05) is 0 Å². The Labute approximate surface area is 145 Å². The van der Waals surface area contributed by atoms with E-state index < -0.39 is 12.2 Å². The van der Waals surface area contributed by atoms with Gasteiger partial charge in [0, 0.05) is 28.4 Å². The summed E-state index contributed by atoms with van der Waals surface area (Å²) in [5, 5.41) is 21.7. The predicted molar refractivity (Wildman–Crippen MR) is 86.7 cm³/mol. The quantitative estimate of drug-likeness (QED) is 0.559. The van der Waals surface area contributed by atoms with Gasteiger partial charge in [-0.25, -0.2) is 0 Å². The molecule has 7 atom stereocenters. The summed E-state index contributed by atoms with van der Waals surface area (Å²) in [6, 6.07) is 0. The second kappa shape index (κ2) is 4.11. The van der Waals surface area contributed by atoms with Gasteiger partial charge in [0.1, 0.15) is 36.0 Å². The van der Waals surface area contributed by atoms with Gasteiger partial charge >= 0.3 is 0 Å². The number of epoxide rings is 1. The Morgan fingerprint density at radius 1 is 1.24 bits per heavy atom. The average molecular weight is 342 g/mol. The molecule has 4 aliphatic carbocycles. The zero-order chi connectivity index (χ0) is 17.3. The molecule has 1 aromatic heterocycles. The van der Waals surface area contributed by atoms with Crippen LogP contribution in [0.1, 0.15) is 68.6 Å². The monoisotopic (exact) mass is 342 g/mol. The lowest BCUT2D eigenvalue weighted by Crippen LogP contribution is -2.47. The molecule has 0 radical (unpaired) electrons. The van der Waals surface area contributed by atoms with Gasteiger partial charge in [-0.1, -0.05) is 12.5 Å². The van der Waals surface area contributed by atoms with E-state index in [-0.39, 0.29) is 29.0 Å². The Bertz CT molecular complexity index is 865. The van der Waals surface area contributed by atoms with Crippen LogP contribution >= 0.6 is 0 Å². The summed E-state index contributed by atoms with van der Waals surface area (Å²) >= 11 is 0. The molecule has 0 amide bonds. The van der Waals surface area contributed by atoms with Gasteiger partial charge in [-0.05, 0) is 37.7 Å². The zero-order valence-corrected chi connectivity index (χ0v) is 14.4. The molecule has 5 aliphatic rings. The van der Waals surface area contributed by atoms with E-state index in [2.05, 4.69) is 13.8 Å². The molecule has 0 aromatic carbocycles. The zero-order valence-electron chi connectivity index (χ0n) is 14.4. The maximum atomic E-state index is 12.5. The number of hydrogen-bond acceptors (Lipinski definition) is 5. The number of carbonyl (C=O) groups is 1. The van der Waals surface area contributed by atoms with Crippen LogP contribution in [-0.2, 0) is 14.9 Å². The molecule has 1 saturated heterocycles. The lowest BCUT2D eigenvalue weighted by molar-refractivity contribution is -0.126. The van der Waals surface area contributed by atoms with Crippen molar-refractivity contribution in [1.29, 1.82) is 0 Å².